The Balaban J connectivity index is 3.36. The zero-order chi connectivity index (χ0) is 15.6. The van der Waals surface area contributed by atoms with Gasteiger partial charge >= 0.3 is 0 Å². The van der Waals surface area contributed by atoms with Gasteiger partial charge in [-0.1, -0.05) is 60.8 Å². The molecule has 0 fully saturated rings. The predicted octanol–water partition coefficient (Wildman–Crippen LogP) is 4.16. The molecule has 20 heavy (non-hydrogen) atoms. The molecule has 0 aromatic heterocycles. The number of hydrogen-bond acceptors (Lipinski definition) is 2. The fourth-order valence-corrected chi connectivity index (χ4v) is 1.86. The molecule has 3 heteroatoms. The molecule has 0 heterocycles. The number of nitrogens with one attached hydrogen (secondary N) is 1. The van der Waals surface area contributed by atoms with E-state index in [1.807, 2.05) is 0 Å². The Morgan fingerprint density at radius 2 is 1.50 bits per heavy atom. The topological polar surface area (TPSA) is 38.3 Å². The van der Waals surface area contributed by atoms with Crippen molar-refractivity contribution in [2.75, 3.05) is 19.8 Å². The SMILES string of the molecule is CC(C)(C)CCCCCCNC(=O)COCC(C)(C)C. The van der Waals surface area contributed by atoms with Crippen molar-refractivity contribution in [2.24, 2.45) is 10.8 Å². The molecular formula is C17H35NO2. The number of ether oxygens (including phenoxy) is 1. The Bertz CT molecular complexity index is 261. The highest BCUT2D eigenvalue weighted by atomic mass is 16.5. The molecule has 0 aromatic carbocycles. The highest BCUT2D eigenvalue weighted by Gasteiger charge is 2.11. The molecule has 0 spiro atoms. The highest BCUT2D eigenvalue weighted by Crippen LogP contribution is 2.22. The molecule has 0 aliphatic carbocycles. The van der Waals surface area contributed by atoms with Crippen LogP contribution in [0.4, 0.5) is 0 Å². The fraction of sp³-hybridized carbons (Fsp3) is 0.941. The van der Waals surface area contributed by atoms with Gasteiger partial charge < -0.3 is 10.1 Å². The first-order valence-corrected chi connectivity index (χ1v) is 7.95. The maximum absolute atomic E-state index is 11.5. The van der Waals surface area contributed by atoms with Gasteiger partial charge in [0.05, 0.1) is 6.61 Å². The average molecular weight is 285 g/mol. The van der Waals surface area contributed by atoms with E-state index in [1.165, 1.54) is 25.7 Å². The zero-order valence-corrected chi connectivity index (χ0v) is 14.5. The number of unbranched alkanes of at least 4 members (excludes halogenated alkanes) is 3. The van der Waals surface area contributed by atoms with Crippen molar-refractivity contribution >= 4 is 5.91 Å². The van der Waals surface area contributed by atoms with E-state index in [0.717, 1.165) is 13.0 Å². The summed E-state index contributed by atoms with van der Waals surface area (Å²) in [5.41, 5.74) is 0.561. The van der Waals surface area contributed by atoms with Crippen molar-refractivity contribution in [2.45, 2.75) is 73.6 Å². The first kappa shape index (κ1) is 19.4. The molecule has 3 nitrogen and oxygen atoms in total. The Morgan fingerprint density at radius 1 is 0.900 bits per heavy atom. The van der Waals surface area contributed by atoms with Crippen molar-refractivity contribution in [1.82, 2.24) is 5.32 Å². The molecule has 0 saturated carbocycles. The number of hydrogen-bond donors (Lipinski definition) is 1. The molecule has 0 saturated heterocycles. The molecule has 0 radical (unpaired) electrons. The van der Waals surface area contributed by atoms with Gasteiger partial charge in [0, 0.05) is 6.54 Å². The standard InChI is InChI=1S/C17H35NO2/c1-16(2,3)11-9-7-8-10-12-18-15(19)13-20-14-17(4,5)6/h7-14H2,1-6H3,(H,18,19). The van der Waals surface area contributed by atoms with Crippen LogP contribution in [0.1, 0.15) is 73.6 Å². The third-order valence-electron chi connectivity index (χ3n) is 2.94. The summed E-state index contributed by atoms with van der Waals surface area (Å²) in [4.78, 5) is 11.5. The van der Waals surface area contributed by atoms with Crippen LogP contribution in [0.15, 0.2) is 0 Å². The maximum atomic E-state index is 11.5. The summed E-state index contributed by atoms with van der Waals surface area (Å²) in [5, 5.41) is 2.91. The monoisotopic (exact) mass is 285 g/mol. The first-order valence-electron chi connectivity index (χ1n) is 7.95. The van der Waals surface area contributed by atoms with Crippen molar-refractivity contribution in [3.8, 4) is 0 Å². The molecular weight excluding hydrogens is 250 g/mol. The second-order valence-corrected chi connectivity index (χ2v) is 8.13. The molecule has 0 rings (SSSR count). The maximum Gasteiger partial charge on any atom is 0.245 e. The summed E-state index contributed by atoms with van der Waals surface area (Å²) in [7, 11) is 0. The summed E-state index contributed by atoms with van der Waals surface area (Å²) in [6.45, 7) is 14.7. The normalized spacial score (nSPS) is 12.5. The van der Waals surface area contributed by atoms with Gasteiger partial charge in [-0.15, -0.1) is 0 Å². The van der Waals surface area contributed by atoms with Crippen LogP contribution in [0.2, 0.25) is 0 Å². The minimum Gasteiger partial charge on any atom is -0.371 e. The van der Waals surface area contributed by atoms with Crippen LogP contribution in [-0.2, 0) is 9.53 Å². The quantitative estimate of drug-likeness (QED) is 0.646. The fourth-order valence-electron chi connectivity index (χ4n) is 1.86. The van der Waals surface area contributed by atoms with E-state index in [0.29, 0.717) is 12.0 Å². The average Bonchev–Trinajstić information content (AvgIpc) is 2.24. The third-order valence-corrected chi connectivity index (χ3v) is 2.94. The summed E-state index contributed by atoms with van der Waals surface area (Å²) in [5.74, 6) is 0.00365. The number of carbonyl (C=O) groups is 1. The summed E-state index contributed by atoms with van der Waals surface area (Å²) in [6, 6.07) is 0. The predicted molar refractivity (Wildman–Crippen MR) is 85.8 cm³/mol. The largest absolute Gasteiger partial charge is 0.371 e. The Hall–Kier alpha value is -0.570. The second kappa shape index (κ2) is 9.38. The van der Waals surface area contributed by atoms with Gasteiger partial charge in [-0.25, -0.2) is 0 Å². The van der Waals surface area contributed by atoms with Crippen molar-refractivity contribution in [3.63, 3.8) is 0 Å². The molecule has 0 aliphatic rings. The molecule has 1 N–H and O–H groups in total. The van der Waals surface area contributed by atoms with E-state index >= 15 is 0 Å². The Labute approximate surface area is 125 Å². The summed E-state index contributed by atoms with van der Waals surface area (Å²) in [6.07, 6.45) is 6.08. The van der Waals surface area contributed by atoms with Crippen LogP contribution >= 0.6 is 0 Å². The Morgan fingerprint density at radius 3 is 2.05 bits per heavy atom. The minimum absolute atomic E-state index is 0.00365. The smallest absolute Gasteiger partial charge is 0.245 e. The van der Waals surface area contributed by atoms with Crippen molar-refractivity contribution in [3.05, 3.63) is 0 Å². The highest BCUT2D eigenvalue weighted by molar-refractivity contribution is 5.77. The van der Waals surface area contributed by atoms with Crippen LogP contribution < -0.4 is 5.32 Å². The zero-order valence-electron chi connectivity index (χ0n) is 14.5. The van der Waals surface area contributed by atoms with Crippen LogP contribution in [0, 0.1) is 10.8 Å². The van der Waals surface area contributed by atoms with Crippen LogP contribution in [0.25, 0.3) is 0 Å². The molecule has 0 bridgehead atoms. The van der Waals surface area contributed by atoms with E-state index in [2.05, 4.69) is 46.9 Å². The van der Waals surface area contributed by atoms with Gasteiger partial charge in [0.1, 0.15) is 6.61 Å². The van der Waals surface area contributed by atoms with Gasteiger partial charge in [0.15, 0.2) is 0 Å². The van der Waals surface area contributed by atoms with E-state index in [-0.39, 0.29) is 17.9 Å². The molecule has 0 unspecified atom stereocenters. The van der Waals surface area contributed by atoms with E-state index < -0.39 is 0 Å². The van der Waals surface area contributed by atoms with E-state index in [1.54, 1.807) is 0 Å². The molecule has 0 atom stereocenters. The lowest BCUT2D eigenvalue weighted by Gasteiger charge is -2.18. The van der Waals surface area contributed by atoms with Gasteiger partial charge in [-0.3, -0.25) is 4.79 Å². The lowest BCUT2D eigenvalue weighted by molar-refractivity contribution is -0.126. The van der Waals surface area contributed by atoms with Gasteiger partial charge in [0.25, 0.3) is 0 Å². The van der Waals surface area contributed by atoms with E-state index in [9.17, 15) is 4.79 Å². The molecule has 120 valence electrons. The summed E-state index contributed by atoms with van der Waals surface area (Å²) < 4.78 is 5.38. The van der Waals surface area contributed by atoms with Gasteiger partial charge in [0.2, 0.25) is 5.91 Å². The first-order chi connectivity index (χ1) is 9.10. The molecule has 0 aliphatic heterocycles. The van der Waals surface area contributed by atoms with Gasteiger partial charge in [-0.2, -0.15) is 0 Å². The minimum atomic E-state index is 0.00365. The molecule has 0 aromatic rings. The Kier molecular flexibility index (Phi) is 9.11. The number of amides is 1. The second-order valence-electron chi connectivity index (χ2n) is 8.13. The number of rotatable bonds is 9. The molecule has 1 amide bonds. The third kappa shape index (κ3) is 15.5. The lowest BCUT2D eigenvalue weighted by atomic mass is 9.89. The summed E-state index contributed by atoms with van der Waals surface area (Å²) >= 11 is 0. The van der Waals surface area contributed by atoms with Crippen molar-refractivity contribution < 1.29 is 9.53 Å². The van der Waals surface area contributed by atoms with Crippen LogP contribution in [0.5, 0.6) is 0 Å². The van der Waals surface area contributed by atoms with Crippen LogP contribution in [-0.4, -0.2) is 25.7 Å². The van der Waals surface area contributed by atoms with Crippen LogP contribution in [0.3, 0.4) is 0 Å². The van der Waals surface area contributed by atoms with E-state index in [4.69, 9.17) is 4.74 Å². The lowest BCUT2D eigenvalue weighted by Crippen LogP contribution is -2.30. The van der Waals surface area contributed by atoms with Gasteiger partial charge in [-0.05, 0) is 23.7 Å². The van der Waals surface area contributed by atoms with Crippen molar-refractivity contribution in [1.29, 1.82) is 0 Å². The number of carbonyl (C=O) groups excluding carboxylic acids is 1.